The van der Waals surface area contributed by atoms with Crippen LogP contribution in [0.2, 0.25) is 5.02 Å². The second-order valence-corrected chi connectivity index (χ2v) is 11.3. The minimum atomic E-state index is -1.59. The second kappa shape index (κ2) is 7.93. The Morgan fingerprint density at radius 3 is 2.44 bits per heavy atom. The maximum Gasteiger partial charge on any atom is 0.244 e. The van der Waals surface area contributed by atoms with E-state index in [1.165, 1.54) is 0 Å². The normalized spacial score (nSPS) is 26.1. The van der Waals surface area contributed by atoms with Crippen molar-refractivity contribution in [2.75, 3.05) is 5.32 Å². The van der Waals surface area contributed by atoms with Gasteiger partial charge in [0.1, 0.15) is 11.2 Å². The molecule has 3 unspecified atom stereocenters. The topological polar surface area (TPSA) is 78.5 Å². The largest absolute Gasteiger partial charge is 0.366 e. The number of carbonyl (C=O) groups excluding carboxylic acids is 3. The molecule has 5 aliphatic rings. The number of ketones is 2. The molecule has 6 nitrogen and oxygen atoms in total. The fourth-order valence-electron chi connectivity index (χ4n) is 7.41. The zero-order valence-electron chi connectivity index (χ0n) is 21.0. The molecular weight excluding hydrogens is 510 g/mol. The molecule has 39 heavy (non-hydrogen) atoms. The summed E-state index contributed by atoms with van der Waals surface area (Å²) in [4.78, 5) is 45.7. The summed E-state index contributed by atoms with van der Waals surface area (Å²) in [5.41, 5.74) is 2.89. The Morgan fingerprint density at radius 1 is 0.897 bits per heavy atom. The van der Waals surface area contributed by atoms with Gasteiger partial charge in [0.15, 0.2) is 11.6 Å². The van der Waals surface area contributed by atoms with Crippen molar-refractivity contribution >= 4 is 40.5 Å². The Balaban J connectivity index is 1.50. The highest BCUT2D eigenvalue weighted by Crippen LogP contribution is 2.60. The first-order chi connectivity index (χ1) is 19.0. The number of carbonyl (C=O) groups is 3. The zero-order valence-corrected chi connectivity index (χ0v) is 21.7. The van der Waals surface area contributed by atoms with Gasteiger partial charge in [-0.3, -0.25) is 14.4 Å². The molecule has 2 aliphatic carbocycles. The Kier molecular flexibility index (Phi) is 4.63. The van der Waals surface area contributed by atoms with Gasteiger partial charge in [-0.05, 0) is 43.2 Å². The molecule has 1 amide bonds. The average molecular weight is 534 g/mol. The number of nitrogens with one attached hydrogen (secondary N) is 2. The Hall–Kier alpha value is -4.16. The van der Waals surface area contributed by atoms with Crippen molar-refractivity contribution in [3.8, 4) is 0 Å². The third kappa shape index (κ3) is 2.79. The van der Waals surface area contributed by atoms with Crippen LogP contribution in [0.3, 0.4) is 0 Å². The number of nitrogens with zero attached hydrogens (tertiary/aromatic N) is 1. The lowest BCUT2D eigenvalue weighted by atomic mass is 9.64. The zero-order chi connectivity index (χ0) is 26.5. The molecule has 1 spiro atoms. The number of Topliss-reactive ketones (excluding diaryl/α,β-unsaturated/α-hetero) is 2. The number of para-hydroxylation sites is 1. The van der Waals surface area contributed by atoms with Crippen molar-refractivity contribution in [3.63, 3.8) is 0 Å². The molecule has 1 saturated carbocycles. The van der Waals surface area contributed by atoms with Gasteiger partial charge in [0.05, 0.1) is 17.3 Å². The van der Waals surface area contributed by atoms with Crippen LogP contribution in [0.15, 0.2) is 89.8 Å². The number of hydrogen-bond acceptors (Lipinski definition) is 5. The lowest BCUT2D eigenvalue weighted by Gasteiger charge is -2.42. The van der Waals surface area contributed by atoms with E-state index in [1.807, 2.05) is 48.5 Å². The molecule has 3 aromatic carbocycles. The van der Waals surface area contributed by atoms with E-state index in [9.17, 15) is 14.4 Å². The number of hydrogen-bond donors (Lipinski definition) is 2. The summed E-state index contributed by atoms with van der Waals surface area (Å²) < 4.78 is 0. The summed E-state index contributed by atoms with van der Waals surface area (Å²) in [6, 6.07) is 21.9. The Morgan fingerprint density at radius 2 is 1.62 bits per heavy atom. The number of amides is 1. The highest BCUT2D eigenvalue weighted by Gasteiger charge is 2.65. The van der Waals surface area contributed by atoms with Crippen molar-refractivity contribution in [3.05, 3.63) is 117 Å². The van der Waals surface area contributed by atoms with E-state index in [0.717, 1.165) is 36.9 Å². The number of halogens is 1. The van der Waals surface area contributed by atoms with E-state index >= 15 is 0 Å². The van der Waals surface area contributed by atoms with Crippen LogP contribution in [0.25, 0.3) is 5.70 Å². The van der Waals surface area contributed by atoms with E-state index in [0.29, 0.717) is 44.4 Å². The Labute approximate surface area is 230 Å². The molecule has 3 heterocycles. The van der Waals surface area contributed by atoms with Crippen LogP contribution in [0.4, 0.5) is 5.69 Å². The summed E-state index contributed by atoms with van der Waals surface area (Å²) in [5.74, 6) is -0.229. The number of anilines is 1. The van der Waals surface area contributed by atoms with Crippen LogP contribution in [-0.2, 0) is 10.2 Å². The fourth-order valence-corrected chi connectivity index (χ4v) is 7.54. The molecule has 0 bridgehead atoms. The molecule has 3 atom stereocenters. The average Bonchev–Trinajstić information content (AvgIpc) is 3.57. The second-order valence-electron chi connectivity index (χ2n) is 10.9. The molecule has 3 aliphatic heterocycles. The highest BCUT2D eigenvalue weighted by molar-refractivity contribution is 6.33. The van der Waals surface area contributed by atoms with Gasteiger partial charge in [-0.25, -0.2) is 0 Å². The van der Waals surface area contributed by atoms with Gasteiger partial charge in [0, 0.05) is 44.6 Å². The quantitative estimate of drug-likeness (QED) is 0.428. The van der Waals surface area contributed by atoms with Crippen LogP contribution in [0.1, 0.15) is 57.5 Å². The monoisotopic (exact) mass is 533 g/mol. The summed E-state index contributed by atoms with van der Waals surface area (Å²) in [7, 11) is 0. The van der Waals surface area contributed by atoms with Gasteiger partial charge in [-0.15, -0.1) is 0 Å². The first-order valence-corrected chi connectivity index (χ1v) is 13.8. The number of benzene rings is 3. The molecule has 7 heteroatoms. The fraction of sp³-hybridized carbons (Fsp3) is 0.219. The highest BCUT2D eigenvalue weighted by atomic mass is 35.5. The first-order valence-electron chi connectivity index (χ1n) is 13.4. The standard InChI is InChI=1S/C32H24ClN3O3/c33-18-15-13-17(14-16-18)28(37)26-30-34-23-11-5-6-12-24(23)36(30)27-19-7-1-2-8-20(19)29(38)25(27)32(26)21-9-3-4-10-22(21)35-31(32)39/h1-4,7-10,13-16,23-24,34H,5-6,11-12H2,(H,35,39). The van der Waals surface area contributed by atoms with E-state index in [4.69, 9.17) is 11.6 Å². The van der Waals surface area contributed by atoms with E-state index in [2.05, 4.69) is 15.5 Å². The van der Waals surface area contributed by atoms with E-state index in [-0.39, 0.29) is 29.6 Å². The lowest BCUT2D eigenvalue weighted by molar-refractivity contribution is -0.118. The predicted molar refractivity (Wildman–Crippen MR) is 148 cm³/mol. The lowest BCUT2D eigenvalue weighted by Crippen LogP contribution is -2.49. The predicted octanol–water partition coefficient (Wildman–Crippen LogP) is 5.46. The first kappa shape index (κ1) is 22.8. The van der Waals surface area contributed by atoms with Crippen LogP contribution in [-0.4, -0.2) is 34.5 Å². The van der Waals surface area contributed by atoms with Crippen LogP contribution >= 0.6 is 11.6 Å². The van der Waals surface area contributed by atoms with Crippen molar-refractivity contribution in [2.45, 2.75) is 43.2 Å². The van der Waals surface area contributed by atoms with E-state index in [1.54, 1.807) is 24.3 Å². The minimum Gasteiger partial charge on any atom is -0.366 e. The maximum atomic E-state index is 14.7. The van der Waals surface area contributed by atoms with Crippen LogP contribution < -0.4 is 10.6 Å². The van der Waals surface area contributed by atoms with Crippen LogP contribution in [0.5, 0.6) is 0 Å². The Bertz CT molecular complexity index is 1710. The smallest absolute Gasteiger partial charge is 0.244 e. The van der Waals surface area contributed by atoms with Gasteiger partial charge >= 0.3 is 0 Å². The van der Waals surface area contributed by atoms with Gasteiger partial charge < -0.3 is 15.5 Å². The molecule has 0 aromatic heterocycles. The van der Waals surface area contributed by atoms with Gasteiger partial charge in [0.25, 0.3) is 0 Å². The van der Waals surface area contributed by atoms with Crippen molar-refractivity contribution < 1.29 is 14.4 Å². The molecule has 0 radical (unpaired) electrons. The molecule has 8 rings (SSSR count). The third-order valence-corrected chi connectivity index (χ3v) is 9.25. The third-order valence-electron chi connectivity index (χ3n) is 9.00. The number of fused-ring (bicyclic) bond motifs is 9. The molecule has 2 N–H and O–H groups in total. The van der Waals surface area contributed by atoms with Crippen molar-refractivity contribution in [2.24, 2.45) is 0 Å². The maximum absolute atomic E-state index is 14.7. The number of rotatable bonds is 2. The molecule has 3 aromatic rings. The van der Waals surface area contributed by atoms with Gasteiger partial charge in [-0.1, -0.05) is 66.9 Å². The molecule has 192 valence electrons. The van der Waals surface area contributed by atoms with Gasteiger partial charge in [-0.2, -0.15) is 0 Å². The van der Waals surface area contributed by atoms with Crippen molar-refractivity contribution in [1.29, 1.82) is 0 Å². The molecule has 2 fully saturated rings. The summed E-state index contributed by atoms with van der Waals surface area (Å²) in [6.45, 7) is 0. The summed E-state index contributed by atoms with van der Waals surface area (Å²) in [6.07, 6.45) is 4.05. The molecular formula is C32H24ClN3O3. The SMILES string of the molecule is O=C(C1=C2NC3CCCCC3N2C2=C(C(=O)c3ccccc32)C12C(=O)Nc1ccccc12)c1ccc(Cl)cc1. The summed E-state index contributed by atoms with van der Waals surface area (Å²) >= 11 is 6.17. The van der Waals surface area contributed by atoms with Crippen molar-refractivity contribution in [1.82, 2.24) is 10.2 Å². The van der Waals surface area contributed by atoms with Crippen LogP contribution in [0, 0.1) is 0 Å². The molecule has 1 saturated heterocycles. The van der Waals surface area contributed by atoms with Gasteiger partial charge in [0.2, 0.25) is 5.91 Å². The minimum absolute atomic E-state index is 0.0859. The summed E-state index contributed by atoms with van der Waals surface area (Å²) in [5, 5.41) is 7.25. The van der Waals surface area contributed by atoms with E-state index < -0.39 is 5.41 Å².